The Morgan fingerprint density at radius 1 is 1.15 bits per heavy atom. The standard InChI is InChI=1S/C20H26N4O2/c21-15-20(10-4-5-11-20)23-18(25)14-24-12-8-17(9-13-24)22-19(26)16-6-2-1-3-7-16/h1-3,6-7,17H,4-5,8-14H2,(H,22,26)(H,23,25). The number of nitriles is 1. The van der Waals surface area contributed by atoms with Crippen LogP contribution in [0.4, 0.5) is 0 Å². The molecule has 1 aromatic carbocycles. The summed E-state index contributed by atoms with van der Waals surface area (Å²) < 4.78 is 0. The molecule has 0 bridgehead atoms. The molecular formula is C20H26N4O2. The summed E-state index contributed by atoms with van der Waals surface area (Å²) in [6, 6.07) is 11.7. The van der Waals surface area contributed by atoms with Crippen LogP contribution in [0.1, 0.15) is 48.9 Å². The lowest BCUT2D eigenvalue weighted by molar-refractivity contribution is -0.123. The molecule has 138 valence electrons. The first kappa shape index (κ1) is 18.4. The Kier molecular flexibility index (Phi) is 5.89. The zero-order valence-corrected chi connectivity index (χ0v) is 15.0. The van der Waals surface area contributed by atoms with Crippen LogP contribution in [0, 0.1) is 11.3 Å². The molecule has 1 aliphatic carbocycles. The third-order valence-electron chi connectivity index (χ3n) is 5.38. The van der Waals surface area contributed by atoms with Crippen molar-refractivity contribution in [2.75, 3.05) is 19.6 Å². The minimum atomic E-state index is -0.654. The minimum Gasteiger partial charge on any atom is -0.349 e. The van der Waals surface area contributed by atoms with Gasteiger partial charge in [-0.25, -0.2) is 0 Å². The van der Waals surface area contributed by atoms with E-state index in [-0.39, 0.29) is 17.9 Å². The minimum absolute atomic E-state index is 0.0426. The third-order valence-corrected chi connectivity index (χ3v) is 5.38. The molecule has 26 heavy (non-hydrogen) atoms. The molecule has 6 nitrogen and oxygen atoms in total. The molecule has 0 unspecified atom stereocenters. The van der Waals surface area contributed by atoms with E-state index >= 15 is 0 Å². The molecule has 2 N–H and O–H groups in total. The van der Waals surface area contributed by atoms with Crippen molar-refractivity contribution in [1.82, 2.24) is 15.5 Å². The highest BCUT2D eigenvalue weighted by molar-refractivity contribution is 5.94. The molecule has 2 aliphatic rings. The van der Waals surface area contributed by atoms with Crippen LogP contribution >= 0.6 is 0 Å². The lowest BCUT2D eigenvalue weighted by Gasteiger charge is -2.32. The van der Waals surface area contributed by atoms with Crippen molar-refractivity contribution >= 4 is 11.8 Å². The van der Waals surface area contributed by atoms with Crippen LogP contribution in [0.5, 0.6) is 0 Å². The summed E-state index contributed by atoms with van der Waals surface area (Å²) in [6.07, 6.45) is 5.16. The summed E-state index contributed by atoms with van der Waals surface area (Å²) in [4.78, 5) is 26.6. The number of amides is 2. The molecule has 1 aromatic rings. The summed E-state index contributed by atoms with van der Waals surface area (Å²) in [5.74, 6) is -0.112. The molecule has 1 aliphatic heterocycles. The summed E-state index contributed by atoms with van der Waals surface area (Å²) in [5.41, 5.74) is 0.0201. The SMILES string of the molecule is N#CC1(NC(=O)CN2CCC(NC(=O)c3ccccc3)CC2)CCCC1. The zero-order valence-electron chi connectivity index (χ0n) is 15.0. The molecule has 1 heterocycles. The van der Waals surface area contributed by atoms with Crippen LogP contribution in [0.15, 0.2) is 30.3 Å². The number of piperidine rings is 1. The van der Waals surface area contributed by atoms with Crippen LogP contribution in [-0.2, 0) is 4.79 Å². The number of benzene rings is 1. The van der Waals surface area contributed by atoms with Gasteiger partial charge >= 0.3 is 0 Å². The van der Waals surface area contributed by atoms with E-state index in [0.29, 0.717) is 12.1 Å². The van der Waals surface area contributed by atoms with Gasteiger partial charge in [0.25, 0.3) is 5.91 Å². The van der Waals surface area contributed by atoms with E-state index in [9.17, 15) is 14.9 Å². The van der Waals surface area contributed by atoms with Gasteiger partial charge in [-0.3, -0.25) is 14.5 Å². The fraction of sp³-hybridized carbons (Fsp3) is 0.550. The average Bonchev–Trinajstić information content (AvgIpc) is 3.13. The van der Waals surface area contributed by atoms with Gasteiger partial charge in [0.05, 0.1) is 12.6 Å². The van der Waals surface area contributed by atoms with Crippen LogP contribution < -0.4 is 10.6 Å². The second-order valence-corrected chi connectivity index (χ2v) is 7.34. The summed E-state index contributed by atoms with van der Waals surface area (Å²) in [5, 5.41) is 15.4. The maximum Gasteiger partial charge on any atom is 0.251 e. The first-order valence-electron chi connectivity index (χ1n) is 9.41. The molecule has 3 rings (SSSR count). The van der Waals surface area contributed by atoms with Gasteiger partial charge in [0, 0.05) is 24.7 Å². The van der Waals surface area contributed by atoms with Gasteiger partial charge in [0.1, 0.15) is 5.54 Å². The Morgan fingerprint density at radius 3 is 2.42 bits per heavy atom. The largest absolute Gasteiger partial charge is 0.349 e. The van der Waals surface area contributed by atoms with Crippen molar-refractivity contribution < 1.29 is 9.59 Å². The van der Waals surface area contributed by atoms with E-state index in [1.807, 2.05) is 30.3 Å². The Morgan fingerprint density at radius 2 is 1.81 bits per heavy atom. The van der Waals surface area contributed by atoms with Gasteiger partial charge in [0.15, 0.2) is 0 Å². The second kappa shape index (κ2) is 8.33. The molecular weight excluding hydrogens is 328 g/mol. The summed E-state index contributed by atoms with van der Waals surface area (Å²) >= 11 is 0. The lowest BCUT2D eigenvalue weighted by atomic mass is 10.00. The molecule has 0 atom stereocenters. The van der Waals surface area contributed by atoms with E-state index in [1.165, 1.54) is 0 Å². The molecule has 1 saturated heterocycles. The second-order valence-electron chi connectivity index (χ2n) is 7.34. The molecule has 2 fully saturated rings. The fourth-order valence-electron chi connectivity index (χ4n) is 3.85. The van der Waals surface area contributed by atoms with Crippen molar-refractivity contribution in [3.63, 3.8) is 0 Å². The summed E-state index contributed by atoms with van der Waals surface area (Å²) in [7, 11) is 0. The van der Waals surface area contributed by atoms with Gasteiger partial charge in [-0.1, -0.05) is 18.2 Å². The van der Waals surface area contributed by atoms with Crippen molar-refractivity contribution in [3.8, 4) is 6.07 Å². The van der Waals surface area contributed by atoms with Crippen molar-refractivity contribution in [2.24, 2.45) is 0 Å². The highest BCUT2D eigenvalue weighted by Crippen LogP contribution is 2.28. The highest BCUT2D eigenvalue weighted by atomic mass is 16.2. The Labute approximate surface area is 154 Å². The number of hydrogen-bond acceptors (Lipinski definition) is 4. The van der Waals surface area contributed by atoms with Crippen molar-refractivity contribution in [1.29, 1.82) is 5.26 Å². The van der Waals surface area contributed by atoms with Gasteiger partial charge in [-0.15, -0.1) is 0 Å². The Balaban J connectivity index is 1.42. The first-order valence-corrected chi connectivity index (χ1v) is 9.41. The molecule has 6 heteroatoms. The Bertz CT molecular complexity index is 669. The number of hydrogen-bond donors (Lipinski definition) is 2. The van der Waals surface area contributed by atoms with Gasteiger partial charge in [-0.05, 0) is 50.7 Å². The normalized spacial score (nSPS) is 20.3. The molecule has 1 saturated carbocycles. The van der Waals surface area contributed by atoms with Gasteiger partial charge in [0.2, 0.25) is 5.91 Å². The highest BCUT2D eigenvalue weighted by Gasteiger charge is 2.35. The number of likely N-dealkylation sites (tertiary alicyclic amines) is 1. The number of carbonyl (C=O) groups excluding carboxylic acids is 2. The number of rotatable bonds is 5. The first-order chi connectivity index (χ1) is 12.6. The van der Waals surface area contributed by atoms with Crippen LogP contribution in [0.2, 0.25) is 0 Å². The van der Waals surface area contributed by atoms with Gasteiger partial charge in [-0.2, -0.15) is 5.26 Å². The van der Waals surface area contributed by atoms with Crippen LogP contribution in [0.25, 0.3) is 0 Å². The molecule has 0 aromatic heterocycles. The maximum absolute atomic E-state index is 12.3. The summed E-state index contributed by atoms with van der Waals surface area (Å²) in [6.45, 7) is 1.86. The van der Waals surface area contributed by atoms with E-state index < -0.39 is 5.54 Å². The lowest BCUT2D eigenvalue weighted by Crippen LogP contribution is -2.51. The smallest absolute Gasteiger partial charge is 0.251 e. The molecule has 0 spiro atoms. The average molecular weight is 354 g/mol. The molecule has 0 radical (unpaired) electrons. The van der Waals surface area contributed by atoms with Crippen LogP contribution in [0.3, 0.4) is 0 Å². The van der Waals surface area contributed by atoms with E-state index in [4.69, 9.17) is 0 Å². The monoisotopic (exact) mass is 354 g/mol. The quantitative estimate of drug-likeness (QED) is 0.845. The predicted octanol–water partition coefficient (Wildman–Crippen LogP) is 1.83. The molecule has 2 amide bonds. The predicted molar refractivity (Wildman–Crippen MR) is 98.3 cm³/mol. The number of nitrogens with one attached hydrogen (secondary N) is 2. The topological polar surface area (TPSA) is 85.2 Å². The van der Waals surface area contributed by atoms with Crippen molar-refractivity contribution in [3.05, 3.63) is 35.9 Å². The van der Waals surface area contributed by atoms with Crippen LogP contribution in [-0.4, -0.2) is 47.9 Å². The van der Waals surface area contributed by atoms with Crippen molar-refractivity contribution in [2.45, 2.75) is 50.1 Å². The van der Waals surface area contributed by atoms with E-state index in [2.05, 4.69) is 21.6 Å². The fourth-order valence-corrected chi connectivity index (χ4v) is 3.85. The Hall–Kier alpha value is -2.39. The maximum atomic E-state index is 12.3. The number of nitrogens with zero attached hydrogens (tertiary/aromatic N) is 2. The number of carbonyl (C=O) groups is 2. The van der Waals surface area contributed by atoms with E-state index in [1.54, 1.807) is 0 Å². The third kappa shape index (κ3) is 4.61. The van der Waals surface area contributed by atoms with E-state index in [0.717, 1.165) is 51.6 Å². The zero-order chi connectivity index (χ0) is 18.4. The van der Waals surface area contributed by atoms with Gasteiger partial charge < -0.3 is 10.6 Å².